The molecule has 0 unspecified atom stereocenters. The molecule has 0 aliphatic heterocycles. The summed E-state index contributed by atoms with van der Waals surface area (Å²) in [5.74, 6) is 1.60. The third-order valence-electron chi connectivity index (χ3n) is 4.04. The lowest BCUT2D eigenvalue weighted by Crippen LogP contribution is -2.05. The lowest BCUT2D eigenvalue weighted by Gasteiger charge is -2.06. The second kappa shape index (κ2) is 4.65. The summed E-state index contributed by atoms with van der Waals surface area (Å²) in [7, 11) is 0. The van der Waals surface area contributed by atoms with Crippen LogP contribution in [0.5, 0.6) is 5.75 Å². The minimum Gasteiger partial charge on any atom is -0.493 e. The fraction of sp³-hybridized carbons (Fsp3) is 0.571. The van der Waals surface area contributed by atoms with E-state index in [9.17, 15) is 4.39 Å². The Morgan fingerprint density at radius 1 is 1.35 bits per heavy atom. The van der Waals surface area contributed by atoms with Crippen LogP contribution in [0.1, 0.15) is 20.3 Å². The Kier molecular flexibility index (Phi) is 3.38. The molecule has 1 aromatic carbocycles. The van der Waals surface area contributed by atoms with Crippen LogP contribution in [0.4, 0.5) is 4.39 Å². The molecule has 1 aliphatic carbocycles. The molecule has 2 atom stereocenters. The van der Waals surface area contributed by atoms with Gasteiger partial charge in [0.2, 0.25) is 0 Å². The van der Waals surface area contributed by atoms with Crippen molar-refractivity contribution in [1.82, 2.24) is 0 Å². The smallest absolute Gasteiger partial charge is 0.126 e. The molecule has 2 nitrogen and oxygen atoms in total. The average Bonchev–Trinajstić information content (AvgIpc) is 2.80. The molecule has 0 amide bonds. The molecule has 0 saturated heterocycles. The Bertz CT molecular complexity index is 392. The molecular formula is C14H20FNO. The predicted octanol–water partition coefficient (Wildman–Crippen LogP) is 2.83. The summed E-state index contributed by atoms with van der Waals surface area (Å²) >= 11 is 0. The van der Waals surface area contributed by atoms with Gasteiger partial charge in [-0.25, -0.2) is 4.39 Å². The molecule has 2 rings (SSSR count). The number of ether oxygens (including phenoxy) is 1. The minimum absolute atomic E-state index is 0.255. The monoisotopic (exact) mass is 237 g/mol. The topological polar surface area (TPSA) is 35.2 Å². The Hall–Kier alpha value is -1.09. The number of hydrogen-bond donors (Lipinski definition) is 1. The van der Waals surface area contributed by atoms with Gasteiger partial charge in [0.1, 0.15) is 11.6 Å². The zero-order chi connectivity index (χ0) is 12.5. The van der Waals surface area contributed by atoms with Crippen molar-refractivity contribution >= 4 is 0 Å². The minimum atomic E-state index is -0.255. The first-order chi connectivity index (χ1) is 8.05. The van der Waals surface area contributed by atoms with Crippen LogP contribution in [0.25, 0.3) is 0 Å². The van der Waals surface area contributed by atoms with Crippen molar-refractivity contribution in [3.8, 4) is 5.75 Å². The average molecular weight is 237 g/mol. The second-order valence-corrected chi connectivity index (χ2v) is 5.36. The van der Waals surface area contributed by atoms with Crippen molar-refractivity contribution in [3.63, 3.8) is 0 Å². The summed E-state index contributed by atoms with van der Waals surface area (Å²) in [6.45, 7) is 5.88. The number of halogens is 1. The number of nitrogens with two attached hydrogens (primary N) is 1. The lowest BCUT2D eigenvalue weighted by atomic mass is 10.1. The van der Waals surface area contributed by atoms with Crippen molar-refractivity contribution in [2.75, 3.05) is 13.2 Å². The lowest BCUT2D eigenvalue weighted by molar-refractivity contribution is 0.291. The fourth-order valence-corrected chi connectivity index (χ4v) is 2.76. The highest BCUT2D eigenvalue weighted by Crippen LogP contribution is 2.59. The number of benzene rings is 1. The van der Waals surface area contributed by atoms with Crippen molar-refractivity contribution in [2.24, 2.45) is 23.0 Å². The first kappa shape index (κ1) is 12.4. The van der Waals surface area contributed by atoms with E-state index >= 15 is 0 Å². The molecule has 0 radical (unpaired) electrons. The molecule has 94 valence electrons. The van der Waals surface area contributed by atoms with Gasteiger partial charge in [-0.15, -0.1) is 0 Å². The first-order valence-electron chi connectivity index (χ1n) is 6.14. The van der Waals surface area contributed by atoms with Crippen LogP contribution in [-0.2, 0) is 0 Å². The number of rotatable bonds is 5. The van der Waals surface area contributed by atoms with Crippen LogP contribution in [0.15, 0.2) is 24.3 Å². The molecule has 0 heterocycles. The maximum absolute atomic E-state index is 12.9. The first-order valence-corrected chi connectivity index (χ1v) is 6.14. The van der Waals surface area contributed by atoms with E-state index < -0.39 is 0 Å². The van der Waals surface area contributed by atoms with Crippen LogP contribution in [0, 0.1) is 23.1 Å². The summed E-state index contributed by atoms with van der Waals surface area (Å²) in [5.41, 5.74) is 6.06. The van der Waals surface area contributed by atoms with Gasteiger partial charge in [-0.1, -0.05) is 19.9 Å². The molecule has 1 aromatic rings. The summed E-state index contributed by atoms with van der Waals surface area (Å²) in [4.78, 5) is 0. The van der Waals surface area contributed by atoms with Crippen molar-refractivity contribution in [2.45, 2.75) is 20.3 Å². The zero-order valence-electron chi connectivity index (χ0n) is 10.4. The van der Waals surface area contributed by atoms with E-state index in [-0.39, 0.29) is 5.82 Å². The third kappa shape index (κ3) is 2.60. The number of hydrogen-bond acceptors (Lipinski definition) is 2. The summed E-state index contributed by atoms with van der Waals surface area (Å²) in [6, 6.07) is 6.27. The Labute approximate surface area is 102 Å². The van der Waals surface area contributed by atoms with Gasteiger partial charge in [0.25, 0.3) is 0 Å². The van der Waals surface area contributed by atoms with E-state index in [1.54, 1.807) is 12.1 Å². The van der Waals surface area contributed by atoms with Crippen LogP contribution in [0.3, 0.4) is 0 Å². The Balaban J connectivity index is 1.78. The van der Waals surface area contributed by atoms with Gasteiger partial charge >= 0.3 is 0 Å². The van der Waals surface area contributed by atoms with E-state index in [0.29, 0.717) is 29.6 Å². The second-order valence-electron chi connectivity index (χ2n) is 5.36. The molecule has 17 heavy (non-hydrogen) atoms. The highest BCUT2D eigenvalue weighted by Gasteiger charge is 2.55. The summed E-state index contributed by atoms with van der Waals surface area (Å²) < 4.78 is 18.5. The molecule has 2 N–H and O–H groups in total. The highest BCUT2D eigenvalue weighted by molar-refractivity contribution is 5.22. The fourth-order valence-electron chi connectivity index (χ4n) is 2.76. The molecule has 0 bridgehead atoms. The molecule has 0 spiro atoms. The van der Waals surface area contributed by atoms with E-state index in [4.69, 9.17) is 10.5 Å². The van der Waals surface area contributed by atoms with Gasteiger partial charge in [-0.2, -0.15) is 0 Å². The van der Waals surface area contributed by atoms with Gasteiger partial charge in [-0.05, 0) is 42.3 Å². The van der Waals surface area contributed by atoms with Gasteiger partial charge in [0, 0.05) is 6.07 Å². The third-order valence-corrected chi connectivity index (χ3v) is 4.04. The Morgan fingerprint density at radius 3 is 2.71 bits per heavy atom. The molecule has 0 aromatic heterocycles. The van der Waals surface area contributed by atoms with Gasteiger partial charge in [0.05, 0.1) is 6.61 Å². The Morgan fingerprint density at radius 2 is 2.12 bits per heavy atom. The summed E-state index contributed by atoms with van der Waals surface area (Å²) in [5, 5.41) is 0. The van der Waals surface area contributed by atoms with Crippen LogP contribution >= 0.6 is 0 Å². The normalized spacial score (nSPS) is 25.6. The predicted molar refractivity (Wildman–Crippen MR) is 66.3 cm³/mol. The van der Waals surface area contributed by atoms with Gasteiger partial charge in [0.15, 0.2) is 0 Å². The molecule has 1 aliphatic rings. The molecule has 1 saturated carbocycles. The maximum atomic E-state index is 12.9. The molecule has 1 fully saturated rings. The van der Waals surface area contributed by atoms with Gasteiger partial charge < -0.3 is 10.5 Å². The van der Waals surface area contributed by atoms with E-state index in [1.807, 2.05) is 0 Å². The van der Waals surface area contributed by atoms with Crippen LogP contribution < -0.4 is 10.5 Å². The maximum Gasteiger partial charge on any atom is 0.126 e. The van der Waals surface area contributed by atoms with Crippen molar-refractivity contribution in [1.29, 1.82) is 0 Å². The zero-order valence-corrected chi connectivity index (χ0v) is 10.4. The highest BCUT2D eigenvalue weighted by atomic mass is 19.1. The van der Waals surface area contributed by atoms with Crippen LogP contribution in [-0.4, -0.2) is 13.2 Å². The quantitative estimate of drug-likeness (QED) is 0.854. The molecular weight excluding hydrogens is 217 g/mol. The van der Waals surface area contributed by atoms with Crippen LogP contribution in [0.2, 0.25) is 0 Å². The largest absolute Gasteiger partial charge is 0.493 e. The van der Waals surface area contributed by atoms with E-state index in [1.165, 1.54) is 12.1 Å². The standard InChI is InChI=1S/C14H20FNO/c1-14(2)12(13(14)9-16)6-7-17-11-5-3-4-10(15)8-11/h3-5,8,12-13H,6-7,9,16H2,1-2H3/t12-,13-/m1/s1. The van der Waals surface area contributed by atoms with Crippen molar-refractivity contribution < 1.29 is 9.13 Å². The van der Waals surface area contributed by atoms with E-state index in [0.717, 1.165) is 13.0 Å². The van der Waals surface area contributed by atoms with Gasteiger partial charge in [-0.3, -0.25) is 0 Å². The van der Waals surface area contributed by atoms with E-state index in [2.05, 4.69) is 13.8 Å². The SMILES string of the molecule is CC1(C)[C@H](CN)[C@H]1CCOc1cccc(F)c1. The molecule has 3 heteroatoms. The summed E-state index contributed by atoms with van der Waals surface area (Å²) in [6.07, 6.45) is 0.991. The van der Waals surface area contributed by atoms with Crippen molar-refractivity contribution in [3.05, 3.63) is 30.1 Å².